The van der Waals surface area contributed by atoms with Crippen LogP contribution in [0.15, 0.2) is 66.9 Å². The Kier molecular flexibility index (Phi) is 5.69. The lowest BCUT2D eigenvalue weighted by Crippen LogP contribution is -2.13. The zero-order chi connectivity index (χ0) is 18.2. The van der Waals surface area contributed by atoms with Gasteiger partial charge in [-0.2, -0.15) is 5.26 Å². The zero-order valence-electron chi connectivity index (χ0n) is 14.5. The molecule has 0 aliphatic rings. The second-order valence-electron chi connectivity index (χ2n) is 5.55. The monoisotopic (exact) mass is 345 g/mol. The van der Waals surface area contributed by atoms with Crippen molar-refractivity contribution in [2.24, 2.45) is 0 Å². The molecule has 0 atom stereocenters. The highest BCUT2D eigenvalue weighted by Crippen LogP contribution is 2.22. The number of hydrogen-bond donors (Lipinski definition) is 1. The molecular weight excluding hydrogens is 326 g/mol. The first-order valence-corrected chi connectivity index (χ1v) is 8.26. The first kappa shape index (κ1) is 17.3. The molecule has 1 heterocycles. The molecule has 0 radical (unpaired) electrons. The maximum absolute atomic E-state index is 9.40. The molecular formula is C21H19N3O2. The standard InChI is InChI=1S/C21H19N3O2/c1-25-19-7-9-20(10-8-19)26-12-11-23-21-17(14-22)13-18(15-24-21)16-5-3-2-4-6-16/h2-10,13,15H,11-12H2,1H3,(H,23,24). The second kappa shape index (κ2) is 8.54. The van der Waals surface area contributed by atoms with E-state index in [0.29, 0.717) is 24.5 Å². The van der Waals surface area contributed by atoms with Crippen LogP contribution < -0.4 is 14.8 Å². The zero-order valence-corrected chi connectivity index (χ0v) is 14.5. The molecule has 0 bridgehead atoms. The third kappa shape index (κ3) is 4.31. The molecule has 0 aliphatic heterocycles. The van der Waals surface area contributed by atoms with Crippen molar-refractivity contribution in [2.45, 2.75) is 0 Å². The fraction of sp³-hybridized carbons (Fsp3) is 0.143. The smallest absolute Gasteiger partial charge is 0.144 e. The maximum atomic E-state index is 9.40. The predicted octanol–water partition coefficient (Wildman–Crippen LogP) is 4.12. The summed E-state index contributed by atoms with van der Waals surface area (Å²) in [5.41, 5.74) is 2.46. The number of pyridine rings is 1. The van der Waals surface area contributed by atoms with Crippen LogP contribution in [0.3, 0.4) is 0 Å². The van der Waals surface area contributed by atoms with E-state index in [2.05, 4.69) is 16.4 Å². The van der Waals surface area contributed by atoms with Crippen LogP contribution in [0.25, 0.3) is 11.1 Å². The third-order valence-electron chi connectivity index (χ3n) is 3.84. The van der Waals surface area contributed by atoms with Gasteiger partial charge in [-0.15, -0.1) is 0 Å². The first-order chi connectivity index (χ1) is 12.8. The number of ether oxygens (including phenoxy) is 2. The van der Waals surface area contributed by atoms with Crippen molar-refractivity contribution in [3.05, 3.63) is 72.4 Å². The fourth-order valence-corrected chi connectivity index (χ4v) is 2.49. The lowest BCUT2D eigenvalue weighted by atomic mass is 10.1. The van der Waals surface area contributed by atoms with Gasteiger partial charge in [-0.1, -0.05) is 30.3 Å². The number of hydrogen-bond acceptors (Lipinski definition) is 5. The van der Waals surface area contributed by atoms with Crippen molar-refractivity contribution in [1.29, 1.82) is 5.26 Å². The van der Waals surface area contributed by atoms with Gasteiger partial charge in [-0.3, -0.25) is 0 Å². The number of aromatic nitrogens is 1. The van der Waals surface area contributed by atoms with Crippen molar-refractivity contribution in [3.63, 3.8) is 0 Å². The lowest BCUT2D eigenvalue weighted by molar-refractivity contribution is 0.331. The van der Waals surface area contributed by atoms with E-state index in [0.717, 1.165) is 22.6 Å². The number of benzene rings is 2. The molecule has 5 nitrogen and oxygen atoms in total. The van der Waals surface area contributed by atoms with Crippen molar-refractivity contribution >= 4 is 5.82 Å². The molecule has 3 aromatic rings. The highest BCUT2D eigenvalue weighted by Gasteiger charge is 2.06. The molecule has 0 aliphatic carbocycles. The van der Waals surface area contributed by atoms with Gasteiger partial charge in [0.15, 0.2) is 0 Å². The summed E-state index contributed by atoms with van der Waals surface area (Å²) in [7, 11) is 1.63. The van der Waals surface area contributed by atoms with Gasteiger partial charge in [-0.05, 0) is 35.9 Å². The maximum Gasteiger partial charge on any atom is 0.144 e. The van der Waals surface area contributed by atoms with Gasteiger partial charge < -0.3 is 14.8 Å². The Bertz CT molecular complexity index is 887. The van der Waals surface area contributed by atoms with Gasteiger partial charge in [0.1, 0.15) is 30.0 Å². The van der Waals surface area contributed by atoms with Crippen LogP contribution in [-0.2, 0) is 0 Å². The van der Waals surface area contributed by atoms with Gasteiger partial charge in [0.05, 0.1) is 19.2 Å². The molecule has 5 heteroatoms. The van der Waals surface area contributed by atoms with Gasteiger partial charge >= 0.3 is 0 Å². The predicted molar refractivity (Wildman–Crippen MR) is 101 cm³/mol. The van der Waals surface area contributed by atoms with Crippen molar-refractivity contribution in [2.75, 3.05) is 25.6 Å². The molecule has 0 amide bonds. The quantitative estimate of drug-likeness (QED) is 0.653. The highest BCUT2D eigenvalue weighted by molar-refractivity contribution is 5.67. The number of anilines is 1. The summed E-state index contributed by atoms with van der Waals surface area (Å²) >= 11 is 0. The van der Waals surface area contributed by atoms with Crippen LogP contribution in [-0.4, -0.2) is 25.2 Å². The average Bonchev–Trinajstić information content (AvgIpc) is 2.72. The summed E-state index contributed by atoms with van der Waals surface area (Å²) in [5, 5.41) is 12.6. The van der Waals surface area contributed by atoms with Crippen LogP contribution in [0.5, 0.6) is 11.5 Å². The summed E-state index contributed by atoms with van der Waals surface area (Å²) < 4.78 is 10.8. The third-order valence-corrected chi connectivity index (χ3v) is 3.84. The Balaban J connectivity index is 1.58. The Morgan fingerprint density at radius 3 is 2.42 bits per heavy atom. The average molecular weight is 345 g/mol. The summed E-state index contributed by atoms with van der Waals surface area (Å²) in [6.45, 7) is 0.998. The van der Waals surface area contributed by atoms with E-state index in [9.17, 15) is 5.26 Å². The van der Waals surface area contributed by atoms with Crippen molar-refractivity contribution < 1.29 is 9.47 Å². The highest BCUT2D eigenvalue weighted by atomic mass is 16.5. The fourth-order valence-electron chi connectivity index (χ4n) is 2.49. The summed E-state index contributed by atoms with van der Waals surface area (Å²) in [6.07, 6.45) is 1.77. The molecule has 130 valence electrons. The van der Waals surface area contributed by atoms with Crippen LogP contribution in [0.1, 0.15) is 5.56 Å². The van der Waals surface area contributed by atoms with Gasteiger partial charge in [0, 0.05) is 11.8 Å². The van der Waals surface area contributed by atoms with E-state index in [-0.39, 0.29) is 0 Å². The van der Waals surface area contributed by atoms with Crippen LogP contribution in [0.2, 0.25) is 0 Å². The Morgan fingerprint density at radius 2 is 1.73 bits per heavy atom. The van der Waals surface area contributed by atoms with E-state index in [1.807, 2.05) is 60.7 Å². The van der Waals surface area contributed by atoms with Gasteiger partial charge in [-0.25, -0.2) is 4.98 Å². The molecule has 3 rings (SSSR count). The minimum absolute atomic E-state index is 0.458. The largest absolute Gasteiger partial charge is 0.497 e. The van der Waals surface area contributed by atoms with Gasteiger partial charge in [0.25, 0.3) is 0 Å². The van der Waals surface area contributed by atoms with Crippen molar-refractivity contribution in [1.82, 2.24) is 4.98 Å². The number of nitrogens with one attached hydrogen (secondary N) is 1. The number of methoxy groups -OCH3 is 1. The molecule has 1 N–H and O–H groups in total. The summed E-state index contributed by atoms with van der Waals surface area (Å²) in [4.78, 5) is 4.39. The molecule has 0 unspecified atom stereocenters. The molecule has 1 aromatic heterocycles. The minimum atomic E-state index is 0.458. The van der Waals surface area contributed by atoms with E-state index in [4.69, 9.17) is 9.47 Å². The summed E-state index contributed by atoms with van der Waals surface area (Å²) in [5.74, 6) is 2.11. The van der Waals surface area contributed by atoms with E-state index in [1.165, 1.54) is 0 Å². The SMILES string of the molecule is COc1ccc(OCCNc2ncc(-c3ccccc3)cc2C#N)cc1. The van der Waals surface area contributed by atoms with Crippen LogP contribution in [0, 0.1) is 11.3 Å². The number of nitriles is 1. The molecule has 26 heavy (non-hydrogen) atoms. The van der Waals surface area contributed by atoms with Crippen LogP contribution >= 0.6 is 0 Å². The molecule has 0 saturated carbocycles. The normalized spacial score (nSPS) is 10.0. The Labute approximate surface area is 152 Å². The van der Waals surface area contributed by atoms with E-state index in [1.54, 1.807) is 13.3 Å². The lowest BCUT2D eigenvalue weighted by Gasteiger charge is -2.10. The first-order valence-electron chi connectivity index (χ1n) is 8.26. The molecule has 0 fully saturated rings. The van der Waals surface area contributed by atoms with E-state index < -0.39 is 0 Å². The van der Waals surface area contributed by atoms with E-state index >= 15 is 0 Å². The number of nitrogens with zero attached hydrogens (tertiary/aromatic N) is 2. The van der Waals surface area contributed by atoms with Crippen LogP contribution in [0.4, 0.5) is 5.82 Å². The Hall–Kier alpha value is -3.52. The van der Waals surface area contributed by atoms with Crippen molar-refractivity contribution in [3.8, 4) is 28.7 Å². The summed E-state index contributed by atoms with van der Waals surface area (Å²) in [6, 6.07) is 21.3. The molecule has 0 spiro atoms. The topological polar surface area (TPSA) is 67.2 Å². The molecule has 2 aromatic carbocycles. The van der Waals surface area contributed by atoms with Gasteiger partial charge in [0.2, 0.25) is 0 Å². The Morgan fingerprint density at radius 1 is 1.00 bits per heavy atom. The minimum Gasteiger partial charge on any atom is -0.497 e. The number of rotatable bonds is 7. The molecule has 0 saturated heterocycles. The second-order valence-corrected chi connectivity index (χ2v) is 5.55.